The van der Waals surface area contributed by atoms with Crippen molar-refractivity contribution in [2.45, 2.75) is 66.9 Å². The van der Waals surface area contributed by atoms with E-state index in [1.54, 1.807) is 40.9 Å². The van der Waals surface area contributed by atoms with Gasteiger partial charge in [0, 0.05) is 35.0 Å². The highest BCUT2D eigenvalue weighted by Gasteiger charge is 2.75. The second-order valence-corrected chi connectivity index (χ2v) is 12.5. The van der Waals surface area contributed by atoms with Crippen LogP contribution in [0.3, 0.4) is 0 Å². The van der Waals surface area contributed by atoms with Crippen molar-refractivity contribution in [3.8, 4) is 5.75 Å². The van der Waals surface area contributed by atoms with Gasteiger partial charge in [-0.15, -0.1) is 11.8 Å². The Morgan fingerprint density at radius 1 is 1.26 bits per heavy atom. The normalized spacial score (nSPS) is 31.1. The number of amides is 3. The van der Waals surface area contributed by atoms with E-state index in [0.29, 0.717) is 38.1 Å². The number of hydrogen-bond donors (Lipinski definition) is 3. The number of rotatable bonds is 10. The quantitative estimate of drug-likeness (QED) is 0.296. The van der Waals surface area contributed by atoms with Crippen molar-refractivity contribution in [3.05, 3.63) is 24.3 Å². The third-order valence-electron chi connectivity index (χ3n) is 7.01. The number of fused-ring (bicyclic) bond motifs is 1. The summed E-state index contributed by atoms with van der Waals surface area (Å²) in [7, 11) is 0. The predicted molar refractivity (Wildman–Crippen MR) is 140 cm³/mol. The second-order valence-electron chi connectivity index (χ2n) is 9.74. The maximum Gasteiger partial charge on any atom is 0.244 e. The molecule has 1 aromatic carbocycles. The standard InChI is InChI=1S/C25H34BrN3O5S/c1-4-34-16-9-7-15(8-10-16)28-22(31)18-19-24(33)29(11-5-6-12-30)21(23(32)27-14(2)3)25(19)13-17(26)20(18)35-25/h7-10,14,17-21,30H,4-6,11-13H2,1-3H3,(H,27,32)(H,28,31)/t17?,18-,19-,20-,21?,25?/m0/s1. The van der Waals surface area contributed by atoms with E-state index in [9.17, 15) is 19.5 Å². The van der Waals surface area contributed by atoms with Gasteiger partial charge in [-0.2, -0.15) is 0 Å². The van der Waals surface area contributed by atoms with Crippen molar-refractivity contribution in [3.63, 3.8) is 0 Å². The van der Waals surface area contributed by atoms with Crippen LogP contribution in [0.2, 0.25) is 0 Å². The fourth-order valence-electron chi connectivity index (χ4n) is 5.75. The molecule has 3 saturated heterocycles. The number of anilines is 1. The number of aliphatic hydroxyl groups excluding tert-OH is 1. The minimum Gasteiger partial charge on any atom is -0.494 e. The zero-order valence-electron chi connectivity index (χ0n) is 20.3. The van der Waals surface area contributed by atoms with E-state index in [-0.39, 0.29) is 40.4 Å². The van der Waals surface area contributed by atoms with Crippen LogP contribution in [0.15, 0.2) is 24.3 Å². The highest BCUT2D eigenvalue weighted by Crippen LogP contribution is 2.67. The van der Waals surface area contributed by atoms with Gasteiger partial charge in [-0.25, -0.2) is 0 Å². The number of alkyl halides is 1. The summed E-state index contributed by atoms with van der Waals surface area (Å²) in [5.74, 6) is -0.881. The Bertz CT molecular complexity index is 961. The number of carbonyl (C=O) groups excluding carboxylic acids is 3. The molecule has 3 unspecified atom stereocenters. The van der Waals surface area contributed by atoms with E-state index in [1.807, 2.05) is 20.8 Å². The van der Waals surface area contributed by atoms with Crippen molar-refractivity contribution in [1.29, 1.82) is 0 Å². The Balaban J connectivity index is 1.62. The molecule has 10 heteroatoms. The molecule has 3 N–H and O–H groups in total. The van der Waals surface area contributed by atoms with Gasteiger partial charge < -0.3 is 25.4 Å². The number of aliphatic hydroxyl groups is 1. The fraction of sp³-hybridized carbons (Fsp3) is 0.640. The molecule has 6 atom stereocenters. The van der Waals surface area contributed by atoms with Crippen LogP contribution in [0.1, 0.15) is 40.0 Å². The summed E-state index contributed by atoms with van der Waals surface area (Å²) in [5, 5.41) is 15.2. The number of nitrogens with one attached hydrogen (secondary N) is 2. The van der Waals surface area contributed by atoms with Crippen LogP contribution in [-0.2, 0) is 14.4 Å². The first kappa shape index (κ1) is 26.3. The van der Waals surface area contributed by atoms with Crippen LogP contribution in [0.5, 0.6) is 5.75 Å². The van der Waals surface area contributed by atoms with Crippen LogP contribution in [0.25, 0.3) is 0 Å². The molecule has 35 heavy (non-hydrogen) atoms. The lowest BCUT2D eigenvalue weighted by Crippen LogP contribution is -2.55. The molecule has 0 aromatic heterocycles. The Kier molecular flexibility index (Phi) is 8.02. The van der Waals surface area contributed by atoms with Gasteiger partial charge in [-0.3, -0.25) is 14.4 Å². The van der Waals surface area contributed by atoms with Crippen LogP contribution >= 0.6 is 27.7 Å². The highest BCUT2D eigenvalue weighted by atomic mass is 79.9. The summed E-state index contributed by atoms with van der Waals surface area (Å²) in [4.78, 5) is 42.5. The average Bonchev–Trinajstić information content (AvgIpc) is 3.38. The van der Waals surface area contributed by atoms with Gasteiger partial charge in [0.1, 0.15) is 11.8 Å². The topological polar surface area (TPSA) is 108 Å². The fourth-order valence-corrected chi connectivity index (χ4v) is 9.37. The SMILES string of the molecule is CCOc1ccc(NC(=O)[C@H]2[C@H]3C(=O)N(CCCCO)C(C(=O)NC(C)C)C34CC(Br)[C@@H]2S4)cc1. The predicted octanol–water partition coefficient (Wildman–Crippen LogP) is 2.79. The number of ether oxygens (including phenoxy) is 1. The average molecular weight is 569 g/mol. The van der Waals surface area contributed by atoms with Gasteiger partial charge in [0.2, 0.25) is 17.7 Å². The molecule has 192 valence electrons. The number of carbonyl (C=O) groups is 3. The smallest absolute Gasteiger partial charge is 0.244 e. The van der Waals surface area contributed by atoms with Gasteiger partial charge in [-0.1, -0.05) is 15.9 Å². The van der Waals surface area contributed by atoms with Gasteiger partial charge in [0.05, 0.1) is 23.2 Å². The summed E-state index contributed by atoms with van der Waals surface area (Å²) in [6.45, 7) is 6.70. The molecule has 0 radical (unpaired) electrons. The lowest BCUT2D eigenvalue weighted by atomic mass is 9.70. The van der Waals surface area contributed by atoms with Crippen molar-refractivity contribution in [1.82, 2.24) is 10.2 Å². The zero-order chi connectivity index (χ0) is 25.3. The Morgan fingerprint density at radius 3 is 2.60 bits per heavy atom. The second kappa shape index (κ2) is 10.7. The first-order chi connectivity index (χ1) is 16.7. The third-order valence-corrected chi connectivity index (χ3v) is 10.2. The van der Waals surface area contributed by atoms with Gasteiger partial charge in [0.15, 0.2) is 0 Å². The molecule has 2 bridgehead atoms. The molecular formula is C25H34BrN3O5S. The van der Waals surface area contributed by atoms with Crippen molar-refractivity contribution in [2.75, 3.05) is 25.1 Å². The Hall–Kier alpha value is -1.78. The van der Waals surface area contributed by atoms with E-state index in [2.05, 4.69) is 26.6 Å². The van der Waals surface area contributed by atoms with Gasteiger partial charge in [0.25, 0.3) is 0 Å². The first-order valence-electron chi connectivity index (χ1n) is 12.3. The number of unbranched alkanes of at least 4 members (excludes halogenated alkanes) is 1. The first-order valence-corrected chi connectivity index (χ1v) is 14.1. The molecule has 3 heterocycles. The molecule has 3 aliphatic heterocycles. The van der Waals surface area contributed by atoms with Gasteiger partial charge >= 0.3 is 0 Å². The summed E-state index contributed by atoms with van der Waals surface area (Å²) in [6.07, 6.45) is 1.81. The van der Waals surface area contributed by atoms with Crippen molar-refractivity contribution in [2.24, 2.45) is 11.8 Å². The van der Waals surface area contributed by atoms with E-state index < -0.39 is 22.6 Å². The monoisotopic (exact) mass is 567 g/mol. The maximum absolute atomic E-state index is 13.8. The third kappa shape index (κ3) is 4.81. The van der Waals surface area contributed by atoms with Crippen LogP contribution in [-0.4, -0.2) is 74.4 Å². The lowest BCUT2D eigenvalue weighted by Gasteiger charge is -2.35. The lowest BCUT2D eigenvalue weighted by molar-refractivity contribution is -0.139. The summed E-state index contributed by atoms with van der Waals surface area (Å²) < 4.78 is 4.82. The van der Waals surface area contributed by atoms with Crippen LogP contribution in [0.4, 0.5) is 5.69 Å². The van der Waals surface area contributed by atoms with Crippen LogP contribution < -0.4 is 15.4 Å². The minimum atomic E-state index is -0.658. The number of benzene rings is 1. The molecule has 3 aliphatic rings. The molecule has 3 amide bonds. The van der Waals surface area contributed by atoms with E-state index in [1.165, 1.54) is 0 Å². The van der Waals surface area contributed by atoms with Crippen molar-refractivity contribution < 1.29 is 24.2 Å². The maximum atomic E-state index is 13.8. The summed E-state index contributed by atoms with van der Waals surface area (Å²) in [5.41, 5.74) is 0.644. The largest absolute Gasteiger partial charge is 0.494 e. The number of nitrogens with zero attached hydrogens (tertiary/aromatic N) is 1. The number of likely N-dealkylation sites (tertiary alicyclic amines) is 1. The molecule has 1 spiro atoms. The molecule has 0 saturated carbocycles. The van der Waals surface area contributed by atoms with E-state index in [4.69, 9.17) is 4.74 Å². The van der Waals surface area contributed by atoms with E-state index >= 15 is 0 Å². The molecule has 3 fully saturated rings. The molecule has 0 aliphatic carbocycles. The zero-order valence-corrected chi connectivity index (χ0v) is 22.7. The molecular weight excluding hydrogens is 534 g/mol. The number of hydrogen-bond acceptors (Lipinski definition) is 6. The van der Waals surface area contributed by atoms with Gasteiger partial charge in [-0.05, 0) is 64.3 Å². The molecule has 8 nitrogen and oxygen atoms in total. The molecule has 4 rings (SSSR count). The minimum absolute atomic E-state index is 0.0272. The molecule has 1 aromatic rings. The summed E-state index contributed by atoms with van der Waals surface area (Å²) >= 11 is 5.39. The number of halogens is 1. The van der Waals surface area contributed by atoms with E-state index in [0.717, 1.165) is 5.75 Å². The summed E-state index contributed by atoms with van der Waals surface area (Å²) in [6, 6.07) is 6.50. The Morgan fingerprint density at radius 2 is 1.97 bits per heavy atom. The Labute approximate surface area is 219 Å². The van der Waals surface area contributed by atoms with Crippen molar-refractivity contribution >= 4 is 51.1 Å². The highest BCUT2D eigenvalue weighted by molar-refractivity contribution is 9.09. The van der Waals surface area contributed by atoms with Crippen LogP contribution in [0, 0.1) is 11.8 Å². The number of thioether (sulfide) groups is 1.